The first-order valence-corrected chi connectivity index (χ1v) is 10.3. The highest BCUT2D eigenvalue weighted by molar-refractivity contribution is 5.82. The number of amides is 2. The number of nitrogens with two attached hydrogens (primary N) is 1. The number of rotatable bonds is 6. The molecule has 1 fully saturated rings. The Hall–Kier alpha value is -3.15. The Bertz CT molecular complexity index is 1030. The van der Waals surface area contributed by atoms with Crippen molar-refractivity contribution in [3.05, 3.63) is 75.2 Å². The molecule has 4 N–H and O–H groups in total. The molecular weight excluding hydrogens is 378 g/mol. The largest absolute Gasteiger partial charge is 0.370 e. The van der Waals surface area contributed by atoms with E-state index in [-0.39, 0.29) is 29.3 Å². The Morgan fingerprint density at radius 2 is 1.83 bits per heavy atom. The van der Waals surface area contributed by atoms with Gasteiger partial charge in [-0.25, -0.2) is 0 Å². The van der Waals surface area contributed by atoms with Gasteiger partial charge in [-0.15, -0.1) is 0 Å². The van der Waals surface area contributed by atoms with Crippen molar-refractivity contribution in [3.8, 4) is 0 Å². The number of pyridine rings is 1. The number of H-pyrrole nitrogens is 1. The van der Waals surface area contributed by atoms with Gasteiger partial charge in [-0.2, -0.15) is 0 Å². The Balaban J connectivity index is 1.99. The standard InChI is InChI=1S/C24H29N3O3/c1-24(2,3)17-8-4-15(5-9-17)19(14-18-10-13-22(29)26-18)20-11-6-16(23(30)27-20)7-12-21(25)28/h4-6,8-9,11,14,18H,7,10,12-13H2,1-3H3,(H2,25,28)(H,26,29)(H,27,30)/b19-14+/t18-/m1/s1. The quantitative estimate of drug-likeness (QED) is 0.686. The molecular formula is C24H29N3O3. The minimum absolute atomic E-state index is 0.0361. The smallest absolute Gasteiger partial charge is 0.251 e. The minimum Gasteiger partial charge on any atom is -0.370 e. The third-order valence-corrected chi connectivity index (χ3v) is 5.38. The molecule has 0 radical (unpaired) electrons. The molecule has 2 amide bonds. The van der Waals surface area contributed by atoms with Crippen molar-refractivity contribution in [2.24, 2.45) is 5.73 Å². The molecule has 1 aliphatic heterocycles. The predicted molar refractivity (Wildman–Crippen MR) is 118 cm³/mol. The Kier molecular flexibility index (Phi) is 6.25. The maximum atomic E-state index is 12.6. The van der Waals surface area contributed by atoms with Crippen LogP contribution in [0.25, 0.3) is 5.57 Å². The van der Waals surface area contributed by atoms with Crippen molar-refractivity contribution in [3.63, 3.8) is 0 Å². The number of aromatic amines is 1. The average molecular weight is 408 g/mol. The van der Waals surface area contributed by atoms with E-state index < -0.39 is 5.91 Å². The van der Waals surface area contributed by atoms with E-state index in [9.17, 15) is 14.4 Å². The van der Waals surface area contributed by atoms with Crippen molar-refractivity contribution < 1.29 is 9.59 Å². The van der Waals surface area contributed by atoms with Crippen LogP contribution in [0.5, 0.6) is 0 Å². The first-order valence-electron chi connectivity index (χ1n) is 10.3. The molecule has 0 saturated carbocycles. The lowest BCUT2D eigenvalue weighted by atomic mass is 9.86. The normalized spacial score (nSPS) is 17.1. The zero-order valence-electron chi connectivity index (χ0n) is 17.7. The Morgan fingerprint density at radius 3 is 2.37 bits per heavy atom. The second-order valence-electron chi connectivity index (χ2n) is 8.81. The van der Waals surface area contributed by atoms with Gasteiger partial charge in [-0.05, 0) is 35.4 Å². The lowest BCUT2D eigenvalue weighted by Gasteiger charge is -2.20. The van der Waals surface area contributed by atoms with Crippen molar-refractivity contribution in [2.75, 3.05) is 0 Å². The maximum absolute atomic E-state index is 12.6. The highest BCUT2D eigenvalue weighted by Gasteiger charge is 2.21. The SMILES string of the molecule is CC(C)(C)c1ccc(/C(=C\[C@H]2CCC(=O)N2)c2ccc(CCC(N)=O)c(=O)[nH]2)cc1. The molecule has 158 valence electrons. The molecule has 2 heterocycles. The van der Waals surface area contributed by atoms with E-state index in [0.29, 0.717) is 24.1 Å². The van der Waals surface area contributed by atoms with Gasteiger partial charge in [0.25, 0.3) is 5.56 Å². The highest BCUT2D eigenvalue weighted by atomic mass is 16.2. The van der Waals surface area contributed by atoms with Gasteiger partial charge < -0.3 is 16.0 Å². The lowest BCUT2D eigenvalue weighted by Crippen LogP contribution is -2.24. The van der Waals surface area contributed by atoms with Crippen LogP contribution in [0.3, 0.4) is 0 Å². The zero-order chi connectivity index (χ0) is 21.9. The van der Waals surface area contributed by atoms with Crippen LogP contribution in [0, 0.1) is 0 Å². The molecule has 0 bridgehead atoms. The number of aromatic nitrogens is 1. The van der Waals surface area contributed by atoms with Gasteiger partial charge in [0.15, 0.2) is 0 Å². The minimum atomic E-state index is -0.435. The summed E-state index contributed by atoms with van der Waals surface area (Å²) in [6.07, 6.45) is 3.67. The van der Waals surface area contributed by atoms with Gasteiger partial charge in [-0.3, -0.25) is 14.4 Å². The predicted octanol–water partition coefficient (Wildman–Crippen LogP) is 2.80. The van der Waals surface area contributed by atoms with E-state index in [1.54, 1.807) is 6.07 Å². The fourth-order valence-electron chi connectivity index (χ4n) is 3.57. The zero-order valence-corrected chi connectivity index (χ0v) is 17.7. The van der Waals surface area contributed by atoms with E-state index in [2.05, 4.69) is 43.2 Å². The van der Waals surface area contributed by atoms with Gasteiger partial charge in [0.2, 0.25) is 11.8 Å². The monoisotopic (exact) mass is 407 g/mol. The van der Waals surface area contributed by atoms with Crippen molar-refractivity contribution >= 4 is 17.4 Å². The lowest BCUT2D eigenvalue weighted by molar-refractivity contribution is -0.119. The van der Waals surface area contributed by atoms with Crippen molar-refractivity contribution in [1.29, 1.82) is 0 Å². The summed E-state index contributed by atoms with van der Waals surface area (Å²) in [5.74, 6) is -0.399. The Labute approximate surface area is 176 Å². The highest BCUT2D eigenvalue weighted by Crippen LogP contribution is 2.28. The molecule has 6 heteroatoms. The number of primary amides is 1. The summed E-state index contributed by atoms with van der Waals surface area (Å²) in [4.78, 5) is 38.2. The molecule has 1 aromatic heterocycles. The summed E-state index contributed by atoms with van der Waals surface area (Å²) in [5, 5.41) is 2.96. The van der Waals surface area contributed by atoms with E-state index in [1.807, 2.05) is 24.3 Å². The van der Waals surface area contributed by atoms with E-state index in [0.717, 1.165) is 17.6 Å². The first-order chi connectivity index (χ1) is 14.1. The van der Waals surface area contributed by atoms with Gasteiger partial charge in [-0.1, -0.05) is 57.2 Å². The summed E-state index contributed by atoms with van der Waals surface area (Å²) < 4.78 is 0. The number of hydrogen-bond donors (Lipinski definition) is 3. The van der Waals surface area contributed by atoms with Crippen LogP contribution < -0.4 is 16.6 Å². The van der Waals surface area contributed by atoms with E-state index >= 15 is 0 Å². The van der Waals surface area contributed by atoms with Crippen molar-refractivity contribution in [1.82, 2.24) is 10.3 Å². The number of benzene rings is 1. The fourth-order valence-corrected chi connectivity index (χ4v) is 3.57. The summed E-state index contributed by atoms with van der Waals surface area (Å²) >= 11 is 0. The third-order valence-electron chi connectivity index (χ3n) is 5.38. The van der Waals surface area contributed by atoms with Crippen molar-refractivity contribution in [2.45, 2.75) is 57.9 Å². The molecule has 2 aromatic rings. The van der Waals surface area contributed by atoms with Crippen LogP contribution in [0.2, 0.25) is 0 Å². The van der Waals surface area contributed by atoms with Gasteiger partial charge in [0.05, 0.1) is 0 Å². The molecule has 0 aliphatic carbocycles. The molecule has 0 spiro atoms. The summed E-state index contributed by atoms with van der Waals surface area (Å²) in [5.41, 5.74) is 9.24. The molecule has 3 rings (SSSR count). The summed E-state index contributed by atoms with van der Waals surface area (Å²) in [6.45, 7) is 6.49. The fraction of sp³-hybridized carbons (Fsp3) is 0.375. The molecule has 6 nitrogen and oxygen atoms in total. The van der Waals surface area contributed by atoms with E-state index in [4.69, 9.17) is 5.73 Å². The first kappa shape index (κ1) is 21.6. The number of nitrogens with one attached hydrogen (secondary N) is 2. The molecule has 1 atom stereocenters. The number of hydrogen-bond acceptors (Lipinski definition) is 3. The average Bonchev–Trinajstić information content (AvgIpc) is 3.09. The van der Waals surface area contributed by atoms with Gasteiger partial charge >= 0.3 is 0 Å². The van der Waals surface area contributed by atoms with Crippen LogP contribution in [0.4, 0.5) is 0 Å². The molecule has 1 aliphatic rings. The number of aryl methyl sites for hydroxylation is 1. The van der Waals surface area contributed by atoms with Gasteiger partial charge in [0, 0.05) is 35.7 Å². The maximum Gasteiger partial charge on any atom is 0.251 e. The summed E-state index contributed by atoms with van der Waals surface area (Å²) in [7, 11) is 0. The second-order valence-corrected chi connectivity index (χ2v) is 8.81. The van der Waals surface area contributed by atoms with Crippen LogP contribution in [-0.2, 0) is 21.4 Å². The number of carbonyl (C=O) groups excluding carboxylic acids is 2. The van der Waals surface area contributed by atoms with Crippen LogP contribution in [-0.4, -0.2) is 22.8 Å². The van der Waals surface area contributed by atoms with Crippen LogP contribution in [0.1, 0.15) is 62.4 Å². The molecule has 1 aromatic carbocycles. The summed E-state index contributed by atoms with van der Waals surface area (Å²) in [6, 6.07) is 11.8. The van der Waals surface area contributed by atoms with Gasteiger partial charge in [0.1, 0.15) is 0 Å². The molecule has 1 saturated heterocycles. The second kappa shape index (κ2) is 8.69. The Morgan fingerprint density at radius 1 is 1.13 bits per heavy atom. The topological polar surface area (TPSA) is 105 Å². The van der Waals surface area contributed by atoms with Crippen LogP contribution >= 0.6 is 0 Å². The van der Waals surface area contributed by atoms with Crippen LogP contribution in [0.15, 0.2) is 47.3 Å². The number of carbonyl (C=O) groups is 2. The third kappa shape index (κ3) is 5.26. The van der Waals surface area contributed by atoms with E-state index in [1.165, 1.54) is 5.56 Å². The molecule has 0 unspecified atom stereocenters. The molecule has 30 heavy (non-hydrogen) atoms.